The van der Waals surface area contributed by atoms with E-state index < -0.39 is 0 Å². The minimum absolute atomic E-state index is 0.280. The van der Waals surface area contributed by atoms with Crippen molar-refractivity contribution in [2.45, 2.75) is 19.8 Å². The summed E-state index contributed by atoms with van der Waals surface area (Å²) >= 11 is 5.91. The molecule has 0 radical (unpaired) electrons. The van der Waals surface area contributed by atoms with Gasteiger partial charge in [0.05, 0.1) is 5.69 Å². The smallest absolute Gasteiger partial charge is 0.224 e. The lowest BCUT2D eigenvalue weighted by Gasteiger charge is -2.19. The molecule has 4 nitrogen and oxygen atoms in total. The number of aromatic nitrogens is 2. The topological polar surface area (TPSA) is 41.4 Å². The number of aryl methyl sites for hydroxylation is 1. The third-order valence-electron chi connectivity index (χ3n) is 2.73. The van der Waals surface area contributed by atoms with Crippen LogP contribution in [0.2, 0.25) is 5.28 Å². The van der Waals surface area contributed by atoms with E-state index in [1.165, 1.54) is 12.8 Å². The van der Waals surface area contributed by atoms with Crippen LogP contribution >= 0.6 is 11.6 Å². The van der Waals surface area contributed by atoms with Gasteiger partial charge in [0.2, 0.25) is 5.28 Å². The predicted molar refractivity (Wildman–Crippen MR) is 71.6 cm³/mol. The molecule has 0 saturated carbocycles. The molecule has 1 aliphatic rings. The first-order valence-electron chi connectivity index (χ1n) is 5.66. The monoisotopic (exact) mass is 250 g/mol. The molecule has 1 saturated heterocycles. The Kier molecular flexibility index (Phi) is 3.74. The number of nitrogens with zero attached hydrogens (tertiary/aromatic N) is 4. The second kappa shape index (κ2) is 5.27. The summed E-state index contributed by atoms with van der Waals surface area (Å²) < 4.78 is 0. The van der Waals surface area contributed by atoms with Gasteiger partial charge in [-0.2, -0.15) is 4.98 Å². The molecule has 17 heavy (non-hydrogen) atoms. The van der Waals surface area contributed by atoms with E-state index in [-0.39, 0.29) is 5.28 Å². The molecule has 1 aromatic heterocycles. The fourth-order valence-electron chi connectivity index (χ4n) is 1.95. The number of allylic oxidation sites excluding steroid dienone is 1. The molecule has 0 aromatic carbocycles. The van der Waals surface area contributed by atoms with E-state index in [9.17, 15) is 0 Å². The largest absolute Gasteiger partial charge is 0.355 e. The highest BCUT2D eigenvalue weighted by Gasteiger charge is 2.19. The minimum atomic E-state index is 0.280. The molecule has 0 bridgehead atoms. The Labute approximate surface area is 106 Å². The summed E-state index contributed by atoms with van der Waals surface area (Å²) in [6.07, 6.45) is 5.66. The van der Waals surface area contributed by atoms with Crippen LogP contribution in [0.25, 0.3) is 0 Å². The third kappa shape index (κ3) is 2.64. The van der Waals surface area contributed by atoms with Gasteiger partial charge in [0.25, 0.3) is 0 Å². The molecule has 90 valence electrons. The van der Waals surface area contributed by atoms with Gasteiger partial charge in [-0.3, -0.25) is 4.99 Å². The zero-order valence-corrected chi connectivity index (χ0v) is 10.6. The number of rotatable bonds is 3. The van der Waals surface area contributed by atoms with E-state index in [4.69, 9.17) is 11.6 Å². The fraction of sp³-hybridized carbons (Fsp3) is 0.417. The van der Waals surface area contributed by atoms with Crippen LogP contribution in [-0.4, -0.2) is 29.3 Å². The van der Waals surface area contributed by atoms with E-state index >= 15 is 0 Å². The third-order valence-corrected chi connectivity index (χ3v) is 2.90. The summed E-state index contributed by atoms with van der Waals surface area (Å²) in [7, 11) is 0. The van der Waals surface area contributed by atoms with Gasteiger partial charge in [-0.1, -0.05) is 12.7 Å². The Morgan fingerprint density at radius 1 is 1.35 bits per heavy atom. The average Bonchev–Trinajstić information content (AvgIpc) is 2.80. The van der Waals surface area contributed by atoms with Crippen LogP contribution in [0, 0.1) is 6.92 Å². The molecule has 0 spiro atoms. The normalized spacial score (nSPS) is 15.8. The predicted octanol–water partition coefficient (Wildman–Crippen LogP) is 2.93. The highest BCUT2D eigenvalue weighted by atomic mass is 35.5. The molecule has 1 aliphatic heterocycles. The van der Waals surface area contributed by atoms with E-state index in [0.29, 0.717) is 0 Å². The molecule has 0 atom stereocenters. The maximum absolute atomic E-state index is 5.91. The number of hydrogen-bond acceptors (Lipinski definition) is 4. The molecule has 2 heterocycles. The Bertz CT molecular complexity index is 450. The molecular formula is C12H15ClN4. The molecule has 5 heteroatoms. The first-order chi connectivity index (χ1) is 8.22. The number of hydrogen-bond donors (Lipinski definition) is 0. The second-order valence-electron chi connectivity index (χ2n) is 3.96. The molecular weight excluding hydrogens is 236 g/mol. The highest BCUT2D eigenvalue weighted by molar-refractivity contribution is 6.28. The van der Waals surface area contributed by atoms with Crippen LogP contribution in [0.1, 0.15) is 18.5 Å². The Morgan fingerprint density at radius 3 is 2.71 bits per heavy atom. The van der Waals surface area contributed by atoms with Crippen molar-refractivity contribution in [3.8, 4) is 0 Å². The Balaban J connectivity index is 2.45. The van der Waals surface area contributed by atoms with Crippen LogP contribution < -0.4 is 4.90 Å². The Morgan fingerprint density at radius 2 is 2.06 bits per heavy atom. The van der Waals surface area contributed by atoms with Crippen LogP contribution in [0.15, 0.2) is 17.6 Å². The van der Waals surface area contributed by atoms with Crippen molar-refractivity contribution in [2.75, 3.05) is 18.0 Å². The van der Waals surface area contributed by atoms with Gasteiger partial charge in [-0.05, 0) is 31.4 Å². The van der Waals surface area contributed by atoms with Gasteiger partial charge in [0.15, 0.2) is 5.82 Å². The SMILES string of the molecule is C=C/C=N\c1c(C)nc(Cl)nc1N1CCCC1. The summed E-state index contributed by atoms with van der Waals surface area (Å²) in [6, 6.07) is 0. The lowest BCUT2D eigenvalue weighted by Crippen LogP contribution is -2.19. The summed E-state index contributed by atoms with van der Waals surface area (Å²) in [5.41, 5.74) is 1.58. The second-order valence-corrected chi connectivity index (χ2v) is 4.30. The van der Waals surface area contributed by atoms with Crippen molar-refractivity contribution in [2.24, 2.45) is 4.99 Å². The van der Waals surface area contributed by atoms with Gasteiger partial charge in [-0.25, -0.2) is 4.98 Å². The summed E-state index contributed by atoms with van der Waals surface area (Å²) in [4.78, 5) is 15.0. The lowest BCUT2D eigenvalue weighted by atomic mass is 10.3. The standard InChI is InChI=1S/C12H15ClN4/c1-3-6-14-10-9(2)15-12(13)16-11(10)17-7-4-5-8-17/h3,6H,1,4-5,7-8H2,2H3/b14-6-. The molecule has 1 fully saturated rings. The van der Waals surface area contributed by atoms with Gasteiger partial charge in [0, 0.05) is 19.3 Å². The first-order valence-corrected chi connectivity index (χ1v) is 6.04. The van der Waals surface area contributed by atoms with Crippen molar-refractivity contribution < 1.29 is 0 Å². The minimum Gasteiger partial charge on any atom is -0.355 e. The molecule has 0 N–H and O–H groups in total. The molecule has 0 unspecified atom stereocenters. The van der Waals surface area contributed by atoms with Crippen LogP contribution in [0.4, 0.5) is 11.5 Å². The molecule has 0 amide bonds. The quantitative estimate of drug-likeness (QED) is 0.612. The average molecular weight is 251 g/mol. The summed E-state index contributed by atoms with van der Waals surface area (Å²) in [6.45, 7) is 7.52. The maximum Gasteiger partial charge on any atom is 0.224 e. The van der Waals surface area contributed by atoms with E-state index in [0.717, 1.165) is 30.3 Å². The van der Waals surface area contributed by atoms with E-state index in [1.807, 2.05) is 6.92 Å². The fourth-order valence-corrected chi connectivity index (χ4v) is 2.15. The van der Waals surface area contributed by atoms with Gasteiger partial charge >= 0.3 is 0 Å². The van der Waals surface area contributed by atoms with Crippen molar-refractivity contribution in [1.82, 2.24) is 9.97 Å². The van der Waals surface area contributed by atoms with Crippen LogP contribution in [0.5, 0.6) is 0 Å². The molecule has 2 rings (SSSR count). The van der Waals surface area contributed by atoms with Crippen molar-refractivity contribution in [3.63, 3.8) is 0 Å². The van der Waals surface area contributed by atoms with Gasteiger partial charge in [0.1, 0.15) is 5.69 Å². The Hall–Kier alpha value is -1.42. The zero-order chi connectivity index (χ0) is 12.3. The summed E-state index contributed by atoms with van der Waals surface area (Å²) in [5, 5.41) is 0.280. The first kappa shape index (κ1) is 12.0. The van der Waals surface area contributed by atoms with Gasteiger partial charge in [-0.15, -0.1) is 0 Å². The number of aliphatic imine (C=N–C) groups is 1. The highest BCUT2D eigenvalue weighted by Crippen LogP contribution is 2.32. The molecule has 1 aromatic rings. The zero-order valence-electron chi connectivity index (χ0n) is 9.86. The van der Waals surface area contributed by atoms with Crippen molar-refractivity contribution >= 4 is 29.3 Å². The summed E-state index contributed by atoms with van der Waals surface area (Å²) in [5.74, 6) is 0.832. The number of halogens is 1. The van der Waals surface area contributed by atoms with Crippen LogP contribution in [-0.2, 0) is 0 Å². The van der Waals surface area contributed by atoms with Crippen molar-refractivity contribution in [3.05, 3.63) is 23.6 Å². The number of anilines is 1. The van der Waals surface area contributed by atoms with E-state index in [2.05, 4.69) is 26.4 Å². The van der Waals surface area contributed by atoms with Gasteiger partial charge < -0.3 is 4.90 Å². The lowest BCUT2D eigenvalue weighted by molar-refractivity contribution is 0.920. The maximum atomic E-state index is 5.91. The van der Waals surface area contributed by atoms with Crippen LogP contribution in [0.3, 0.4) is 0 Å². The molecule has 0 aliphatic carbocycles. The van der Waals surface area contributed by atoms with E-state index in [1.54, 1.807) is 12.3 Å². The van der Waals surface area contributed by atoms with Crippen molar-refractivity contribution in [1.29, 1.82) is 0 Å².